The summed E-state index contributed by atoms with van der Waals surface area (Å²) in [6.07, 6.45) is -0.257. The van der Waals surface area contributed by atoms with E-state index in [9.17, 15) is 14.3 Å². The van der Waals surface area contributed by atoms with E-state index in [0.717, 1.165) is 11.1 Å². The zero-order chi connectivity index (χ0) is 24.7. The number of amidine groups is 1. The molecule has 2 aliphatic rings. The van der Waals surface area contributed by atoms with Gasteiger partial charge in [-0.15, -0.1) is 0 Å². The van der Waals surface area contributed by atoms with E-state index in [-0.39, 0.29) is 23.7 Å². The highest BCUT2D eigenvalue weighted by Gasteiger charge is 2.45. The zero-order valence-electron chi connectivity index (χ0n) is 20.3. The molecular formula is C26H33FN4O3. The van der Waals surface area contributed by atoms with Crippen molar-refractivity contribution in [2.24, 2.45) is 10.4 Å². The highest BCUT2D eigenvalue weighted by molar-refractivity contribution is 5.94. The number of hydrogen-bond acceptors (Lipinski definition) is 6. The van der Waals surface area contributed by atoms with E-state index in [4.69, 9.17) is 9.83 Å². The number of hydrogen-bond donors (Lipinski definition) is 3. The van der Waals surface area contributed by atoms with E-state index < -0.39 is 23.9 Å². The lowest BCUT2D eigenvalue weighted by Gasteiger charge is -2.34. The Bertz CT molecular complexity index is 1080. The van der Waals surface area contributed by atoms with E-state index in [1.54, 1.807) is 30.1 Å². The van der Waals surface area contributed by atoms with Crippen molar-refractivity contribution >= 4 is 11.7 Å². The number of benzene rings is 2. The summed E-state index contributed by atoms with van der Waals surface area (Å²) in [5.74, 6) is 0.151. The topological polar surface area (TPSA) is 86.2 Å². The number of aliphatic imine (C=N–C) groups is 1. The number of hydroxylamine groups is 1. The molecule has 7 nitrogen and oxygen atoms in total. The van der Waals surface area contributed by atoms with Crippen LogP contribution in [0.3, 0.4) is 0 Å². The fourth-order valence-corrected chi connectivity index (χ4v) is 4.76. The van der Waals surface area contributed by atoms with Crippen LogP contribution in [0.1, 0.15) is 39.7 Å². The fraction of sp³-hybridized carbons (Fsp3) is 0.462. The molecule has 0 aliphatic carbocycles. The molecule has 2 aliphatic heterocycles. The van der Waals surface area contributed by atoms with Crippen molar-refractivity contribution < 1.29 is 19.1 Å². The van der Waals surface area contributed by atoms with E-state index in [2.05, 4.69) is 10.8 Å². The normalized spacial score (nSPS) is 25.7. The lowest BCUT2D eigenvalue weighted by Crippen LogP contribution is -2.55. The van der Waals surface area contributed by atoms with Crippen molar-refractivity contribution in [2.45, 2.75) is 58.0 Å². The summed E-state index contributed by atoms with van der Waals surface area (Å²) >= 11 is 0. The minimum absolute atomic E-state index is 0.0797. The Morgan fingerprint density at radius 2 is 1.94 bits per heavy atom. The van der Waals surface area contributed by atoms with Crippen molar-refractivity contribution in [3.63, 3.8) is 0 Å². The van der Waals surface area contributed by atoms with Crippen LogP contribution >= 0.6 is 0 Å². The maximum atomic E-state index is 14.2. The molecule has 1 saturated heterocycles. The molecule has 2 heterocycles. The van der Waals surface area contributed by atoms with Crippen LogP contribution in [0.5, 0.6) is 0 Å². The number of carbonyl (C=O) groups is 1. The largest absolute Gasteiger partial charge is 0.391 e. The monoisotopic (exact) mass is 468 g/mol. The number of likely N-dealkylation sites (tertiary alicyclic amines) is 1. The smallest absolute Gasteiger partial charge is 0.240 e. The standard InChI is InChI=1S/C26H33FN4O3/c1-25(2,3)22(28-5)24(33)31-15-18(32)14-21(31)23-29-26(4,34-30-23)17-12-10-16(11-13-17)19-8-6-7-9-20(19)27/h6-13,18,21-22,28,32H,14-15H2,1-5H3,(H,29,30). The number of nitrogens with zero attached hydrogens (tertiary/aromatic N) is 2. The molecule has 4 rings (SSSR count). The minimum atomic E-state index is -1.02. The Kier molecular flexibility index (Phi) is 6.50. The summed E-state index contributed by atoms with van der Waals surface area (Å²) in [7, 11) is 1.77. The predicted molar refractivity (Wildman–Crippen MR) is 129 cm³/mol. The first-order valence-electron chi connectivity index (χ1n) is 11.6. The first-order valence-corrected chi connectivity index (χ1v) is 11.6. The van der Waals surface area contributed by atoms with Gasteiger partial charge in [0.1, 0.15) is 11.7 Å². The van der Waals surface area contributed by atoms with Crippen LogP contribution in [-0.4, -0.2) is 53.5 Å². The summed E-state index contributed by atoms with van der Waals surface area (Å²) in [5, 5.41) is 13.5. The lowest BCUT2D eigenvalue weighted by molar-refractivity contribution is -0.136. The van der Waals surface area contributed by atoms with Crippen LogP contribution in [0.2, 0.25) is 0 Å². The summed E-state index contributed by atoms with van der Waals surface area (Å²) in [6, 6.07) is 13.2. The Balaban J connectivity index is 1.58. The van der Waals surface area contributed by atoms with Gasteiger partial charge in [-0.3, -0.25) is 4.79 Å². The van der Waals surface area contributed by atoms with Crippen LogP contribution in [0.25, 0.3) is 11.1 Å². The molecule has 0 spiro atoms. The number of amides is 1. The molecule has 4 atom stereocenters. The summed E-state index contributed by atoms with van der Waals surface area (Å²) in [6.45, 7) is 8.08. The number of nitrogens with one attached hydrogen (secondary N) is 2. The molecule has 182 valence electrons. The van der Waals surface area contributed by atoms with Crippen LogP contribution in [0.4, 0.5) is 4.39 Å². The van der Waals surface area contributed by atoms with Gasteiger partial charge in [-0.25, -0.2) is 19.7 Å². The van der Waals surface area contributed by atoms with Crippen LogP contribution in [-0.2, 0) is 15.4 Å². The highest BCUT2D eigenvalue weighted by Crippen LogP contribution is 2.34. The predicted octanol–water partition coefficient (Wildman–Crippen LogP) is 3.19. The molecule has 2 aromatic carbocycles. The summed E-state index contributed by atoms with van der Waals surface area (Å²) in [4.78, 5) is 25.7. The third-order valence-electron chi connectivity index (χ3n) is 6.57. The van der Waals surface area contributed by atoms with Crippen molar-refractivity contribution in [3.05, 3.63) is 59.9 Å². The third kappa shape index (κ3) is 4.58. The van der Waals surface area contributed by atoms with E-state index in [0.29, 0.717) is 17.8 Å². The number of carbonyl (C=O) groups excluding carboxylic acids is 1. The van der Waals surface area contributed by atoms with Gasteiger partial charge in [-0.1, -0.05) is 63.2 Å². The molecule has 8 heteroatoms. The minimum Gasteiger partial charge on any atom is -0.391 e. The van der Waals surface area contributed by atoms with Gasteiger partial charge in [-0.2, -0.15) is 0 Å². The molecule has 4 unspecified atom stereocenters. The quantitative estimate of drug-likeness (QED) is 0.628. The fourth-order valence-electron chi connectivity index (χ4n) is 4.76. The van der Waals surface area contributed by atoms with Gasteiger partial charge >= 0.3 is 0 Å². The SMILES string of the molecule is CNC(C(=O)N1CC(O)CC1C1=NC(C)(c2ccc(-c3ccccc3F)cc2)ON1)C(C)(C)C. The zero-order valence-corrected chi connectivity index (χ0v) is 20.3. The molecule has 1 fully saturated rings. The van der Waals surface area contributed by atoms with Crippen LogP contribution in [0, 0.1) is 11.2 Å². The van der Waals surface area contributed by atoms with Gasteiger partial charge in [0.05, 0.1) is 18.2 Å². The molecule has 1 amide bonds. The van der Waals surface area contributed by atoms with Gasteiger partial charge in [0, 0.05) is 24.1 Å². The van der Waals surface area contributed by atoms with E-state index >= 15 is 0 Å². The summed E-state index contributed by atoms with van der Waals surface area (Å²) < 4.78 is 14.2. The van der Waals surface area contributed by atoms with Crippen molar-refractivity contribution in [3.8, 4) is 11.1 Å². The van der Waals surface area contributed by atoms with Crippen molar-refractivity contribution in [1.29, 1.82) is 0 Å². The number of rotatable bonds is 5. The Morgan fingerprint density at radius 3 is 2.56 bits per heavy atom. The molecule has 2 aromatic rings. The van der Waals surface area contributed by atoms with Crippen molar-refractivity contribution in [2.75, 3.05) is 13.6 Å². The Labute approximate surface area is 200 Å². The average Bonchev–Trinajstić information content (AvgIpc) is 3.37. The molecule has 0 saturated carbocycles. The first-order chi connectivity index (χ1) is 16.0. The maximum absolute atomic E-state index is 14.2. The van der Waals surface area contributed by atoms with Gasteiger partial charge in [-0.05, 0) is 31.0 Å². The number of β-amino-alcohol motifs (C(OH)–C–C–N with tert-alkyl or cyclic N) is 1. The molecule has 0 aromatic heterocycles. The van der Waals surface area contributed by atoms with Gasteiger partial charge in [0.2, 0.25) is 11.6 Å². The second-order valence-corrected chi connectivity index (χ2v) is 10.2. The third-order valence-corrected chi connectivity index (χ3v) is 6.57. The second-order valence-electron chi connectivity index (χ2n) is 10.2. The molecule has 0 bridgehead atoms. The molecular weight excluding hydrogens is 435 g/mol. The number of likely N-dealkylation sites (N-methyl/N-ethyl adjacent to an activating group) is 1. The Hall–Kier alpha value is -2.81. The second kappa shape index (κ2) is 9.09. The number of halogens is 1. The molecule has 3 N–H and O–H groups in total. The van der Waals surface area contributed by atoms with Crippen LogP contribution in [0.15, 0.2) is 53.5 Å². The number of aliphatic hydroxyl groups excluding tert-OH is 1. The first kappa shape index (κ1) is 24.3. The van der Waals surface area contributed by atoms with Gasteiger partial charge in [0.15, 0.2) is 0 Å². The average molecular weight is 469 g/mol. The van der Waals surface area contributed by atoms with Crippen LogP contribution < -0.4 is 10.8 Å². The highest BCUT2D eigenvalue weighted by atomic mass is 19.1. The molecule has 34 heavy (non-hydrogen) atoms. The van der Waals surface area contributed by atoms with E-state index in [1.165, 1.54) is 6.07 Å². The van der Waals surface area contributed by atoms with Crippen molar-refractivity contribution in [1.82, 2.24) is 15.7 Å². The maximum Gasteiger partial charge on any atom is 0.240 e. The molecule has 0 radical (unpaired) electrons. The van der Waals surface area contributed by atoms with E-state index in [1.807, 2.05) is 52.0 Å². The lowest BCUT2D eigenvalue weighted by atomic mass is 9.86. The summed E-state index contributed by atoms with van der Waals surface area (Å²) in [5.41, 5.74) is 3.68. The van der Waals surface area contributed by atoms with Gasteiger partial charge < -0.3 is 15.3 Å². The Morgan fingerprint density at radius 1 is 1.26 bits per heavy atom. The van der Waals surface area contributed by atoms with Gasteiger partial charge in [0.25, 0.3) is 0 Å². The number of aliphatic hydroxyl groups is 1.